The van der Waals surface area contributed by atoms with E-state index in [1.54, 1.807) is 14.2 Å². The minimum absolute atomic E-state index is 0.144. The molecule has 1 aliphatic heterocycles. The van der Waals surface area contributed by atoms with E-state index in [4.69, 9.17) is 26.7 Å². The molecule has 0 radical (unpaired) electrons. The molecular weight excluding hydrogens is 368 g/mol. The Morgan fingerprint density at radius 3 is 2.29 bits per heavy atom. The maximum atomic E-state index is 5.48. The number of allylic oxidation sites excluding steroid dienone is 1. The Morgan fingerprint density at radius 1 is 1.00 bits per heavy atom. The molecule has 2 atom stereocenters. The number of methoxy groups -OCH3 is 2. The van der Waals surface area contributed by atoms with Crippen molar-refractivity contribution in [3.63, 3.8) is 0 Å². The number of rotatable bonds is 4. The normalized spacial score (nSPS) is 22.9. The van der Waals surface area contributed by atoms with Crippen molar-refractivity contribution in [1.82, 2.24) is 5.32 Å². The average Bonchev–Trinajstić information content (AvgIpc) is 2.74. The van der Waals surface area contributed by atoms with Crippen molar-refractivity contribution in [2.24, 2.45) is 10.9 Å². The van der Waals surface area contributed by atoms with E-state index in [9.17, 15) is 0 Å². The predicted molar refractivity (Wildman–Crippen MR) is 117 cm³/mol. The van der Waals surface area contributed by atoms with Gasteiger partial charge in [-0.1, -0.05) is 24.3 Å². The third-order valence-corrected chi connectivity index (χ3v) is 5.69. The molecule has 0 saturated heterocycles. The standard InChI is InChI=1S/C23H24N2O2S/c1-26-18-10-6-15(7-11-18)14-17-4-3-5-20-21(24-23(28)25-22(17)20)16-8-12-19(27-2)13-9-16/h6-14,20-21H,3-5H2,1-2H3,(H,24,28)/b17-14-/t20-,21-/m0/s1. The highest BCUT2D eigenvalue weighted by atomic mass is 32.1. The highest BCUT2D eigenvalue weighted by Crippen LogP contribution is 2.38. The molecule has 0 bridgehead atoms. The van der Waals surface area contributed by atoms with Crippen LogP contribution >= 0.6 is 12.2 Å². The van der Waals surface area contributed by atoms with E-state index < -0.39 is 0 Å². The molecule has 5 heteroatoms. The highest BCUT2D eigenvalue weighted by Gasteiger charge is 2.36. The highest BCUT2D eigenvalue weighted by molar-refractivity contribution is 7.80. The molecule has 0 spiro atoms. The van der Waals surface area contributed by atoms with Crippen molar-refractivity contribution in [2.75, 3.05) is 14.2 Å². The molecule has 1 saturated carbocycles. The molecule has 0 amide bonds. The third kappa shape index (κ3) is 3.80. The number of thiocarbonyl (C=S) groups is 1. The van der Waals surface area contributed by atoms with Gasteiger partial charge in [-0.15, -0.1) is 0 Å². The molecule has 0 unspecified atom stereocenters. The number of hydrogen-bond donors (Lipinski definition) is 1. The van der Waals surface area contributed by atoms with Gasteiger partial charge in [-0.2, -0.15) is 0 Å². The maximum Gasteiger partial charge on any atom is 0.193 e. The van der Waals surface area contributed by atoms with Gasteiger partial charge in [-0.25, -0.2) is 4.99 Å². The molecule has 2 aromatic carbocycles. The van der Waals surface area contributed by atoms with Crippen LogP contribution in [-0.2, 0) is 0 Å². The van der Waals surface area contributed by atoms with Crippen LogP contribution in [0.25, 0.3) is 6.08 Å². The van der Waals surface area contributed by atoms with Gasteiger partial charge in [-0.3, -0.25) is 0 Å². The lowest BCUT2D eigenvalue weighted by atomic mass is 9.76. The number of aliphatic imine (C=N–C) groups is 1. The Bertz CT molecular complexity index is 917. The van der Waals surface area contributed by atoms with Gasteiger partial charge in [0.05, 0.1) is 26.0 Å². The minimum Gasteiger partial charge on any atom is -0.497 e. The topological polar surface area (TPSA) is 42.8 Å². The van der Waals surface area contributed by atoms with Crippen molar-refractivity contribution in [3.8, 4) is 11.5 Å². The van der Waals surface area contributed by atoms with Gasteiger partial charge in [0.25, 0.3) is 0 Å². The van der Waals surface area contributed by atoms with Crippen LogP contribution in [0.15, 0.2) is 59.1 Å². The molecule has 1 N–H and O–H groups in total. The van der Waals surface area contributed by atoms with Crippen molar-refractivity contribution in [3.05, 3.63) is 65.2 Å². The molecule has 1 aliphatic carbocycles. The van der Waals surface area contributed by atoms with Crippen LogP contribution in [0.2, 0.25) is 0 Å². The van der Waals surface area contributed by atoms with E-state index in [1.165, 1.54) is 11.1 Å². The number of nitrogens with one attached hydrogen (secondary N) is 1. The Balaban J connectivity index is 1.65. The van der Waals surface area contributed by atoms with E-state index in [0.717, 1.165) is 42.0 Å². The molecule has 28 heavy (non-hydrogen) atoms. The Morgan fingerprint density at radius 2 is 1.64 bits per heavy atom. The first-order chi connectivity index (χ1) is 13.7. The molecule has 1 fully saturated rings. The summed E-state index contributed by atoms with van der Waals surface area (Å²) in [5.74, 6) is 2.04. The van der Waals surface area contributed by atoms with Gasteiger partial charge in [0.1, 0.15) is 11.5 Å². The van der Waals surface area contributed by atoms with E-state index >= 15 is 0 Å². The molecule has 1 heterocycles. The van der Waals surface area contributed by atoms with Gasteiger partial charge in [0.2, 0.25) is 0 Å². The van der Waals surface area contributed by atoms with E-state index in [2.05, 4.69) is 35.7 Å². The predicted octanol–water partition coefficient (Wildman–Crippen LogP) is 4.96. The number of fused-ring (bicyclic) bond motifs is 1. The summed E-state index contributed by atoms with van der Waals surface area (Å²) in [6.07, 6.45) is 5.51. The van der Waals surface area contributed by atoms with Crippen LogP contribution in [0, 0.1) is 5.92 Å². The fraction of sp³-hybridized carbons (Fsp3) is 0.304. The third-order valence-electron chi connectivity index (χ3n) is 5.48. The summed E-state index contributed by atoms with van der Waals surface area (Å²) in [6.45, 7) is 0. The van der Waals surface area contributed by atoms with E-state index in [-0.39, 0.29) is 6.04 Å². The number of benzene rings is 2. The van der Waals surface area contributed by atoms with Gasteiger partial charge in [0.15, 0.2) is 5.11 Å². The summed E-state index contributed by atoms with van der Waals surface area (Å²) >= 11 is 5.48. The van der Waals surface area contributed by atoms with Crippen molar-refractivity contribution < 1.29 is 9.47 Å². The fourth-order valence-corrected chi connectivity index (χ4v) is 4.27. The Labute approximate surface area is 171 Å². The van der Waals surface area contributed by atoms with Gasteiger partial charge >= 0.3 is 0 Å². The quantitative estimate of drug-likeness (QED) is 0.747. The zero-order valence-electron chi connectivity index (χ0n) is 16.1. The summed E-state index contributed by atoms with van der Waals surface area (Å²) in [5, 5.41) is 3.99. The van der Waals surface area contributed by atoms with Crippen LogP contribution in [0.3, 0.4) is 0 Å². The molecule has 2 aliphatic rings. The lowest BCUT2D eigenvalue weighted by molar-refractivity contribution is 0.412. The minimum atomic E-state index is 0.144. The van der Waals surface area contributed by atoms with Crippen molar-refractivity contribution >= 4 is 29.1 Å². The van der Waals surface area contributed by atoms with Crippen molar-refractivity contribution in [1.29, 1.82) is 0 Å². The molecule has 2 aromatic rings. The first kappa shape index (κ1) is 18.7. The summed E-state index contributed by atoms with van der Waals surface area (Å²) in [4.78, 5) is 4.74. The molecule has 144 valence electrons. The zero-order valence-corrected chi connectivity index (χ0v) is 17.0. The van der Waals surface area contributed by atoms with Crippen LogP contribution < -0.4 is 14.8 Å². The Hall–Kier alpha value is -2.66. The summed E-state index contributed by atoms with van der Waals surface area (Å²) < 4.78 is 10.6. The molecular formula is C23H24N2O2S. The van der Waals surface area contributed by atoms with Gasteiger partial charge in [0, 0.05) is 5.92 Å². The van der Waals surface area contributed by atoms with Crippen LogP contribution in [0.4, 0.5) is 0 Å². The zero-order chi connectivity index (χ0) is 19.5. The van der Waals surface area contributed by atoms with E-state index in [1.807, 2.05) is 24.3 Å². The molecule has 0 aromatic heterocycles. The second-order valence-corrected chi connectivity index (χ2v) is 7.53. The maximum absolute atomic E-state index is 5.48. The number of hydrogen-bond acceptors (Lipinski definition) is 3. The van der Waals surface area contributed by atoms with E-state index in [0.29, 0.717) is 11.0 Å². The number of nitrogens with zero attached hydrogens (tertiary/aromatic N) is 1. The molecule has 4 nitrogen and oxygen atoms in total. The number of ether oxygens (including phenoxy) is 2. The second kappa shape index (κ2) is 8.15. The molecule has 4 rings (SSSR count). The van der Waals surface area contributed by atoms with Crippen molar-refractivity contribution in [2.45, 2.75) is 25.3 Å². The summed E-state index contributed by atoms with van der Waals surface area (Å²) in [6, 6.07) is 16.5. The lowest BCUT2D eigenvalue weighted by Crippen LogP contribution is -2.42. The van der Waals surface area contributed by atoms with Gasteiger partial charge < -0.3 is 14.8 Å². The van der Waals surface area contributed by atoms with Crippen LogP contribution in [0.1, 0.15) is 36.4 Å². The summed E-state index contributed by atoms with van der Waals surface area (Å²) in [7, 11) is 3.37. The SMILES string of the molecule is COc1ccc(/C=C2/CCC[C@@H]3C2=NC(=S)N[C@H]3c2ccc(OC)cc2)cc1. The first-order valence-electron chi connectivity index (χ1n) is 9.56. The largest absolute Gasteiger partial charge is 0.497 e. The monoisotopic (exact) mass is 392 g/mol. The van der Waals surface area contributed by atoms with Crippen LogP contribution in [0.5, 0.6) is 11.5 Å². The van der Waals surface area contributed by atoms with Gasteiger partial charge in [-0.05, 0) is 78.5 Å². The smallest absolute Gasteiger partial charge is 0.193 e. The average molecular weight is 393 g/mol. The lowest BCUT2D eigenvalue weighted by Gasteiger charge is -2.37. The summed E-state index contributed by atoms with van der Waals surface area (Å²) in [5.41, 5.74) is 4.78. The fourth-order valence-electron chi connectivity index (χ4n) is 4.04. The van der Waals surface area contributed by atoms with Crippen LogP contribution in [-0.4, -0.2) is 25.0 Å². The first-order valence-corrected chi connectivity index (χ1v) is 9.97. The Kier molecular flexibility index (Phi) is 5.44. The second-order valence-electron chi connectivity index (χ2n) is 7.14.